The number of aryl methyl sites for hydroxylation is 1. The molecule has 0 radical (unpaired) electrons. The Bertz CT molecular complexity index is 1170. The molecule has 1 saturated heterocycles. The number of carbonyl (C=O) groups excluding carboxylic acids is 2. The molecule has 43 heavy (non-hydrogen) atoms. The second kappa shape index (κ2) is 20.4. The lowest BCUT2D eigenvalue weighted by atomic mass is 10.0. The summed E-state index contributed by atoms with van der Waals surface area (Å²) in [6.45, 7) is 10.3. The highest BCUT2D eigenvalue weighted by molar-refractivity contribution is 5.96. The van der Waals surface area contributed by atoms with E-state index in [1.807, 2.05) is 49.5 Å². The Labute approximate surface area is 259 Å². The van der Waals surface area contributed by atoms with Crippen molar-refractivity contribution in [1.29, 1.82) is 0 Å². The van der Waals surface area contributed by atoms with Gasteiger partial charge in [-0.1, -0.05) is 85.6 Å². The second-order valence-corrected chi connectivity index (χ2v) is 11.0. The summed E-state index contributed by atoms with van der Waals surface area (Å²) in [6, 6.07) is 26.4. The van der Waals surface area contributed by atoms with Gasteiger partial charge in [-0.2, -0.15) is 0 Å². The highest BCUT2D eigenvalue weighted by Gasteiger charge is 2.22. The van der Waals surface area contributed by atoms with Crippen molar-refractivity contribution >= 4 is 11.8 Å². The van der Waals surface area contributed by atoms with Gasteiger partial charge in [-0.05, 0) is 81.4 Å². The molecule has 1 heterocycles. The van der Waals surface area contributed by atoms with Crippen molar-refractivity contribution in [2.75, 3.05) is 52.9 Å². The minimum absolute atomic E-state index is 0.0256. The van der Waals surface area contributed by atoms with E-state index < -0.39 is 0 Å². The van der Waals surface area contributed by atoms with Gasteiger partial charge in [0.1, 0.15) is 0 Å². The Balaban J connectivity index is 0.000000292. The van der Waals surface area contributed by atoms with Crippen molar-refractivity contribution in [3.63, 3.8) is 0 Å². The third-order valence-electron chi connectivity index (χ3n) is 7.19. The van der Waals surface area contributed by atoms with Gasteiger partial charge >= 0.3 is 0 Å². The Morgan fingerprint density at radius 3 is 1.91 bits per heavy atom. The van der Waals surface area contributed by atoms with Crippen molar-refractivity contribution in [2.45, 2.75) is 52.4 Å². The first-order valence-corrected chi connectivity index (χ1v) is 15.6. The van der Waals surface area contributed by atoms with E-state index in [1.165, 1.54) is 36.8 Å². The Kier molecular flexibility index (Phi) is 16.9. The topological polar surface area (TPSA) is 98.9 Å². The molecule has 3 aromatic rings. The number of carbonyl (C=O) groups is 2. The number of aliphatic hydroxyl groups excluding tert-OH is 1. The van der Waals surface area contributed by atoms with E-state index >= 15 is 0 Å². The van der Waals surface area contributed by atoms with Crippen LogP contribution in [0.3, 0.4) is 0 Å². The third-order valence-corrected chi connectivity index (χ3v) is 7.19. The first-order valence-electron chi connectivity index (χ1n) is 15.6. The van der Waals surface area contributed by atoms with Crippen molar-refractivity contribution in [3.8, 4) is 11.1 Å². The van der Waals surface area contributed by atoms with Crippen LogP contribution in [0.5, 0.6) is 0 Å². The monoisotopic (exact) mass is 588 g/mol. The van der Waals surface area contributed by atoms with Crippen LogP contribution < -0.4 is 11.1 Å². The van der Waals surface area contributed by atoms with Crippen molar-refractivity contribution in [1.82, 2.24) is 15.1 Å². The number of rotatable bonds is 7. The lowest BCUT2D eigenvalue weighted by molar-refractivity contribution is -0.131. The minimum atomic E-state index is -0.220. The van der Waals surface area contributed by atoms with Crippen LogP contribution in [0, 0.1) is 6.92 Å². The zero-order chi connectivity index (χ0) is 31.5. The lowest BCUT2D eigenvalue weighted by Gasteiger charge is -2.32. The smallest absolute Gasteiger partial charge is 0.251 e. The SMILES string of the molecule is CCCCN.CCO.CN1CCN(C(=O)CNC(=O)c2ccc(-c3ccccc3)cc2)CC1.Cc1ccc(C2CC2)cc1. The van der Waals surface area contributed by atoms with E-state index in [1.54, 1.807) is 24.0 Å². The minimum Gasteiger partial charge on any atom is -0.397 e. The van der Waals surface area contributed by atoms with Gasteiger partial charge in [0, 0.05) is 38.3 Å². The number of nitrogens with two attached hydrogens (primary N) is 1. The van der Waals surface area contributed by atoms with Gasteiger partial charge in [-0.25, -0.2) is 0 Å². The average molecular weight is 589 g/mol. The summed E-state index contributed by atoms with van der Waals surface area (Å²) >= 11 is 0. The van der Waals surface area contributed by atoms with Gasteiger partial charge < -0.3 is 26.0 Å². The molecule has 0 aromatic heterocycles. The maximum atomic E-state index is 12.2. The maximum absolute atomic E-state index is 12.2. The van der Waals surface area contributed by atoms with Gasteiger partial charge in [-0.15, -0.1) is 0 Å². The van der Waals surface area contributed by atoms with Crippen LogP contribution in [0.15, 0.2) is 78.9 Å². The number of benzene rings is 3. The number of hydrogen-bond donors (Lipinski definition) is 3. The molecule has 0 atom stereocenters. The lowest BCUT2D eigenvalue weighted by Crippen LogP contribution is -2.50. The van der Waals surface area contributed by atoms with Crippen LogP contribution in [0.4, 0.5) is 0 Å². The van der Waals surface area contributed by atoms with Gasteiger partial charge in [0.05, 0.1) is 6.54 Å². The molecule has 0 bridgehead atoms. The summed E-state index contributed by atoms with van der Waals surface area (Å²) in [6.07, 6.45) is 5.20. The van der Waals surface area contributed by atoms with Crippen LogP contribution in [-0.2, 0) is 4.79 Å². The number of nitrogens with one attached hydrogen (secondary N) is 1. The molecule has 0 unspecified atom stereocenters. The van der Waals surface area contributed by atoms with Crippen molar-refractivity contribution in [2.24, 2.45) is 5.73 Å². The summed E-state index contributed by atoms with van der Waals surface area (Å²) in [7, 11) is 2.04. The van der Waals surface area contributed by atoms with Crippen molar-refractivity contribution < 1.29 is 14.7 Å². The molecule has 234 valence electrons. The molecule has 3 aromatic carbocycles. The molecule has 2 amide bonds. The Morgan fingerprint density at radius 1 is 0.860 bits per heavy atom. The van der Waals surface area contributed by atoms with E-state index in [-0.39, 0.29) is 25.0 Å². The Morgan fingerprint density at radius 2 is 1.42 bits per heavy atom. The number of amides is 2. The van der Waals surface area contributed by atoms with E-state index in [0.29, 0.717) is 5.56 Å². The first-order chi connectivity index (χ1) is 20.8. The summed E-state index contributed by atoms with van der Waals surface area (Å²) in [5.74, 6) is 0.657. The zero-order valence-corrected chi connectivity index (χ0v) is 26.6. The van der Waals surface area contributed by atoms with Crippen LogP contribution in [0.2, 0.25) is 0 Å². The molecular formula is C36H52N4O3. The molecule has 0 spiro atoms. The number of hydrogen-bond acceptors (Lipinski definition) is 5. The summed E-state index contributed by atoms with van der Waals surface area (Å²) < 4.78 is 0. The standard InChI is InChI=1S/C20H23N3O2.C10H12.C4H11N.C2H6O/c1-22-11-13-23(14-12-22)19(24)15-21-20(25)18-9-7-17(8-10-18)16-5-3-2-4-6-16;1-8-2-4-9(5-3-8)10-6-7-10;1-2-3-4-5;1-2-3/h2-10H,11-15H2,1H3,(H,21,25);2-5,10H,6-7H2,1H3;2-5H2,1H3;3H,2H2,1H3. The first kappa shape index (κ1) is 35.7. The molecule has 1 saturated carbocycles. The summed E-state index contributed by atoms with van der Waals surface area (Å²) in [5, 5.41) is 10.3. The molecule has 7 nitrogen and oxygen atoms in total. The van der Waals surface area contributed by atoms with Crippen LogP contribution >= 0.6 is 0 Å². The quantitative estimate of drug-likeness (QED) is 0.340. The second-order valence-electron chi connectivity index (χ2n) is 11.0. The van der Waals surface area contributed by atoms with Crippen LogP contribution in [0.1, 0.15) is 66.9 Å². The number of aliphatic hydroxyl groups is 1. The van der Waals surface area contributed by atoms with Gasteiger partial charge in [0.15, 0.2) is 0 Å². The predicted octanol–water partition coefficient (Wildman–Crippen LogP) is 5.47. The van der Waals surface area contributed by atoms with Crippen molar-refractivity contribution in [3.05, 3.63) is 95.6 Å². The average Bonchev–Trinajstić information content (AvgIpc) is 3.88. The normalized spacial score (nSPS) is 14.1. The summed E-state index contributed by atoms with van der Waals surface area (Å²) in [5.41, 5.74) is 10.8. The summed E-state index contributed by atoms with van der Waals surface area (Å²) in [4.78, 5) is 28.4. The molecule has 4 N–H and O–H groups in total. The molecular weight excluding hydrogens is 536 g/mol. The fourth-order valence-corrected chi connectivity index (χ4v) is 4.33. The number of piperazine rings is 1. The Hall–Kier alpha value is -3.52. The molecule has 2 aliphatic rings. The predicted molar refractivity (Wildman–Crippen MR) is 178 cm³/mol. The third kappa shape index (κ3) is 14.0. The van der Waals surface area contributed by atoms with E-state index in [4.69, 9.17) is 10.8 Å². The van der Waals surface area contributed by atoms with E-state index in [0.717, 1.165) is 49.8 Å². The van der Waals surface area contributed by atoms with E-state index in [2.05, 4.69) is 48.3 Å². The van der Waals surface area contributed by atoms with Gasteiger partial charge in [0.2, 0.25) is 5.91 Å². The largest absolute Gasteiger partial charge is 0.397 e. The van der Waals surface area contributed by atoms with Crippen LogP contribution in [-0.4, -0.2) is 79.6 Å². The van der Waals surface area contributed by atoms with Gasteiger partial charge in [-0.3, -0.25) is 9.59 Å². The zero-order valence-electron chi connectivity index (χ0n) is 26.6. The molecule has 7 heteroatoms. The number of likely N-dealkylation sites (N-methyl/N-ethyl adjacent to an activating group) is 1. The molecule has 1 aliphatic carbocycles. The molecule has 5 rings (SSSR count). The number of unbranched alkanes of at least 4 members (excludes halogenated alkanes) is 1. The fourth-order valence-electron chi connectivity index (χ4n) is 4.33. The molecule has 2 fully saturated rings. The van der Waals surface area contributed by atoms with Crippen LogP contribution in [0.25, 0.3) is 11.1 Å². The number of nitrogens with zero attached hydrogens (tertiary/aromatic N) is 2. The van der Waals surface area contributed by atoms with E-state index in [9.17, 15) is 9.59 Å². The molecule has 1 aliphatic heterocycles. The highest BCUT2D eigenvalue weighted by atomic mass is 16.2. The fraction of sp³-hybridized carbons (Fsp3) is 0.444. The highest BCUT2D eigenvalue weighted by Crippen LogP contribution is 2.39. The maximum Gasteiger partial charge on any atom is 0.251 e. The van der Waals surface area contributed by atoms with Gasteiger partial charge in [0.25, 0.3) is 5.91 Å².